The van der Waals surface area contributed by atoms with Gasteiger partial charge in [0.15, 0.2) is 11.5 Å². The molecule has 0 spiro atoms. The fourth-order valence-corrected chi connectivity index (χ4v) is 4.45. The molecule has 3 aromatic carbocycles. The van der Waals surface area contributed by atoms with Gasteiger partial charge in [-0.15, -0.1) is 0 Å². The Morgan fingerprint density at radius 2 is 1.76 bits per heavy atom. The highest BCUT2D eigenvalue weighted by Crippen LogP contribution is 2.41. The van der Waals surface area contributed by atoms with Crippen molar-refractivity contribution in [2.45, 2.75) is 13.0 Å². The van der Waals surface area contributed by atoms with Gasteiger partial charge < -0.3 is 20.1 Å². The van der Waals surface area contributed by atoms with Crippen molar-refractivity contribution in [3.05, 3.63) is 88.6 Å². The number of para-hydroxylation sites is 2. The minimum atomic E-state index is -0.448. The number of aromatic nitrogens is 2. The molecular weight excluding hydrogens is 452 g/mol. The van der Waals surface area contributed by atoms with Crippen molar-refractivity contribution in [1.29, 1.82) is 0 Å². The van der Waals surface area contributed by atoms with Crippen LogP contribution in [0.15, 0.2) is 78.0 Å². The van der Waals surface area contributed by atoms with E-state index < -0.39 is 6.04 Å². The zero-order valence-corrected chi connectivity index (χ0v) is 19.7. The lowest BCUT2D eigenvalue weighted by atomic mass is 9.94. The van der Waals surface area contributed by atoms with E-state index in [2.05, 4.69) is 10.6 Å². The number of carbonyl (C=O) groups excluding carboxylic acids is 1. The highest BCUT2D eigenvalue weighted by Gasteiger charge is 2.34. The van der Waals surface area contributed by atoms with Gasteiger partial charge in [0, 0.05) is 16.4 Å². The molecule has 2 heterocycles. The van der Waals surface area contributed by atoms with Gasteiger partial charge in [0.1, 0.15) is 0 Å². The molecule has 0 saturated carbocycles. The Hall–Kier alpha value is -3.97. The molecule has 2 N–H and O–H groups in total. The summed E-state index contributed by atoms with van der Waals surface area (Å²) >= 11 is 6.01. The Balaban J connectivity index is 1.67. The molecule has 0 bridgehead atoms. The van der Waals surface area contributed by atoms with Crippen molar-refractivity contribution < 1.29 is 14.3 Å². The van der Waals surface area contributed by atoms with E-state index in [4.69, 9.17) is 26.1 Å². The van der Waals surface area contributed by atoms with Gasteiger partial charge in [-0.25, -0.2) is 4.98 Å². The number of ether oxygens (including phenoxy) is 2. The zero-order chi connectivity index (χ0) is 23.8. The van der Waals surface area contributed by atoms with E-state index >= 15 is 0 Å². The topological polar surface area (TPSA) is 77.4 Å². The maximum absolute atomic E-state index is 13.7. The minimum absolute atomic E-state index is 0.226. The monoisotopic (exact) mass is 474 g/mol. The number of halogens is 1. The third kappa shape index (κ3) is 3.74. The smallest absolute Gasteiger partial charge is 0.255 e. The predicted octanol–water partition coefficient (Wildman–Crippen LogP) is 5.63. The molecule has 1 atom stereocenters. The number of hydrogen-bond acceptors (Lipinski definition) is 5. The average molecular weight is 475 g/mol. The van der Waals surface area contributed by atoms with Gasteiger partial charge in [0.2, 0.25) is 5.95 Å². The fourth-order valence-electron chi connectivity index (χ4n) is 4.33. The number of imidazole rings is 1. The normalized spacial score (nSPS) is 15.0. The summed E-state index contributed by atoms with van der Waals surface area (Å²) in [7, 11) is 3.19. The van der Waals surface area contributed by atoms with Crippen LogP contribution in [-0.4, -0.2) is 29.7 Å². The Morgan fingerprint density at radius 1 is 1.03 bits per heavy atom. The van der Waals surface area contributed by atoms with E-state index in [0.29, 0.717) is 39.4 Å². The molecule has 1 amide bonds. The van der Waals surface area contributed by atoms with Crippen molar-refractivity contribution in [2.75, 3.05) is 24.9 Å². The molecule has 0 aliphatic carbocycles. The van der Waals surface area contributed by atoms with Crippen LogP contribution >= 0.6 is 11.6 Å². The van der Waals surface area contributed by atoms with E-state index in [1.807, 2.05) is 54.0 Å². The number of anilines is 2. The van der Waals surface area contributed by atoms with E-state index in [-0.39, 0.29) is 5.91 Å². The van der Waals surface area contributed by atoms with Crippen molar-refractivity contribution in [2.24, 2.45) is 0 Å². The lowest BCUT2D eigenvalue weighted by Crippen LogP contribution is -2.31. The number of nitrogens with zero attached hydrogens (tertiary/aromatic N) is 2. The van der Waals surface area contributed by atoms with Gasteiger partial charge in [-0.05, 0) is 61.0 Å². The third-order valence-corrected chi connectivity index (χ3v) is 6.15. The molecule has 1 aromatic heterocycles. The predicted molar refractivity (Wildman–Crippen MR) is 134 cm³/mol. The lowest BCUT2D eigenvalue weighted by molar-refractivity contribution is -0.113. The molecule has 4 aromatic rings. The summed E-state index contributed by atoms with van der Waals surface area (Å²) in [4.78, 5) is 18.4. The number of carbonyl (C=O) groups is 1. The molecule has 1 aliphatic rings. The first-order valence-corrected chi connectivity index (χ1v) is 11.1. The molecular formula is C26H23ClN4O3. The summed E-state index contributed by atoms with van der Waals surface area (Å²) in [6.07, 6.45) is 0. The summed E-state index contributed by atoms with van der Waals surface area (Å²) in [5, 5.41) is 6.93. The van der Waals surface area contributed by atoms with Crippen LogP contribution in [0.5, 0.6) is 11.5 Å². The summed E-state index contributed by atoms with van der Waals surface area (Å²) in [5.41, 5.74) is 4.55. The second kappa shape index (κ2) is 8.76. The number of hydrogen-bond donors (Lipinski definition) is 2. The van der Waals surface area contributed by atoms with Crippen LogP contribution < -0.4 is 20.1 Å². The first kappa shape index (κ1) is 21.9. The second-order valence-corrected chi connectivity index (χ2v) is 8.37. The molecule has 1 aliphatic heterocycles. The standard InChI is InChI=1S/C26H23ClN4O3/c1-15-23(25(32)29-18-11-9-17(27)10-12-18)24(16-8-13-21(33-2)22(14-16)34-3)31-20-7-5-4-6-19(20)30-26(31)28-15/h4-14,24H,1-3H3,(H,28,30)(H,29,32)/t24-/m1/s1. The molecule has 0 unspecified atom stereocenters. The maximum Gasteiger partial charge on any atom is 0.255 e. The van der Waals surface area contributed by atoms with E-state index in [9.17, 15) is 4.79 Å². The van der Waals surface area contributed by atoms with Crippen LogP contribution in [0.2, 0.25) is 5.02 Å². The van der Waals surface area contributed by atoms with E-state index in [0.717, 1.165) is 16.6 Å². The number of methoxy groups -OCH3 is 2. The number of benzene rings is 3. The van der Waals surface area contributed by atoms with Crippen molar-refractivity contribution in [3.63, 3.8) is 0 Å². The van der Waals surface area contributed by atoms with E-state index in [1.165, 1.54) is 0 Å². The number of rotatable bonds is 5. The largest absolute Gasteiger partial charge is 0.493 e. The van der Waals surface area contributed by atoms with Crippen LogP contribution in [-0.2, 0) is 4.79 Å². The molecule has 8 heteroatoms. The summed E-state index contributed by atoms with van der Waals surface area (Å²) in [6, 6.07) is 20.1. The highest BCUT2D eigenvalue weighted by molar-refractivity contribution is 6.30. The van der Waals surface area contributed by atoms with Gasteiger partial charge in [0.25, 0.3) is 5.91 Å². The third-order valence-electron chi connectivity index (χ3n) is 5.90. The quantitative estimate of drug-likeness (QED) is 0.391. The summed E-state index contributed by atoms with van der Waals surface area (Å²) in [6.45, 7) is 1.88. The van der Waals surface area contributed by atoms with Crippen LogP contribution in [0.1, 0.15) is 18.5 Å². The van der Waals surface area contributed by atoms with Crippen LogP contribution in [0, 0.1) is 0 Å². The number of fused-ring (bicyclic) bond motifs is 3. The second-order valence-electron chi connectivity index (χ2n) is 7.94. The van der Waals surface area contributed by atoms with Gasteiger partial charge in [-0.3, -0.25) is 9.36 Å². The van der Waals surface area contributed by atoms with Crippen molar-refractivity contribution in [3.8, 4) is 11.5 Å². The molecule has 172 valence electrons. The zero-order valence-electron chi connectivity index (χ0n) is 18.9. The first-order chi connectivity index (χ1) is 16.5. The molecule has 0 radical (unpaired) electrons. The van der Waals surface area contributed by atoms with Gasteiger partial charge in [0.05, 0.1) is 36.9 Å². The van der Waals surface area contributed by atoms with Crippen LogP contribution in [0.25, 0.3) is 11.0 Å². The van der Waals surface area contributed by atoms with Gasteiger partial charge in [-0.1, -0.05) is 29.8 Å². The highest BCUT2D eigenvalue weighted by atomic mass is 35.5. The first-order valence-electron chi connectivity index (χ1n) is 10.7. The number of amides is 1. The fraction of sp³-hybridized carbons (Fsp3) is 0.154. The molecule has 0 fully saturated rings. The number of allylic oxidation sites excluding steroid dienone is 1. The van der Waals surface area contributed by atoms with Crippen molar-refractivity contribution in [1.82, 2.24) is 9.55 Å². The van der Waals surface area contributed by atoms with Crippen LogP contribution in [0.3, 0.4) is 0 Å². The molecule has 5 rings (SSSR count). The average Bonchev–Trinajstić information content (AvgIpc) is 3.21. The molecule has 0 saturated heterocycles. The van der Waals surface area contributed by atoms with E-state index in [1.54, 1.807) is 38.5 Å². The van der Waals surface area contributed by atoms with Crippen LogP contribution in [0.4, 0.5) is 11.6 Å². The molecule has 7 nitrogen and oxygen atoms in total. The minimum Gasteiger partial charge on any atom is -0.493 e. The van der Waals surface area contributed by atoms with Crippen molar-refractivity contribution >= 4 is 40.2 Å². The SMILES string of the molecule is COc1ccc([C@@H]2C(C(=O)Nc3ccc(Cl)cc3)=C(C)Nc3nc4ccccc4n32)cc1OC. The maximum atomic E-state index is 13.7. The van der Waals surface area contributed by atoms with Gasteiger partial charge >= 0.3 is 0 Å². The Labute approximate surface area is 202 Å². The van der Waals surface area contributed by atoms with Gasteiger partial charge in [-0.2, -0.15) is 0 Å². The number of nitrogens with one attached hydrogen (secondary N) is 2. The summed E-state index contributed by atoms with van der Waals surface area (Å²) < 4.78 is 13.0. The Bertz CT molecular complexity index is 1430. The Morgan fingerprint density at radius 3 is 2.50 bits per heavy atom. The lowest BCUT2D eigenvalue weighted by Gasteiger charge is -2.31. The molecule has 34 heavy (non-hydrogen) atoms. The Kier molecular flexibility index (Phi) is 5.63. The summed E-state index contributed by atoms with van der Waals surface area (Å²) in [5.74, 6) is 1.64.